The maximum atomic E-state index is 5.95. The summed E-state index contributed by atoms with van der Waals surface area (Å²) < 4.78 is 8.98. The zero-order chi connectivity index (χ0) is 10.6. The van der Waals surface area contributed by atoms with E-state index < -0.39 is 0 Å². The number of fused-ring (bicyclic) bond motifs is 1. The molecule has 3 rings (SSSR count). The number of epoxide rings is 1. The Hall–Kier alpha value is -0.350. The lowest BCUT2D eigenvalue weighted by atomic mass is 9.81. The highest BCUT2D eigenvalue weighted by molar-refractivity contribution is 9.10. The molecule has 3 unspecified atom stereocenters. The molecule has 2 aliphatic rings. The monoisotopic (exact) mass is 270 g/mol. The van der Waals surface area contributed by atoms with Gasteiger partial charge in [0, 0.05) is 7.05 Å². The van der Waals surface area contributed by atoms with Crippen LogP contribution in [-0.2, 0) is 17.4 Å². The molecule has 1 aliphatic heterocycles. The van der Waals surface area contributed by atoms with Crippen molar-refractivity contribution >= 4 is 15.9 Å². The first-order valence-electron chi connectivity index (χ1n) is 5.49. The molecular weight excluding hydrogens is 256 g/mol. The summed E-state index contributed by atoms with van der Waals surface area (Å²) in [5.74, 6) is 0.803. The van der Waals surface area contributed by atoms with Gasteiger partial charge < -0.3 is 4.74 Å². The van der Waals surface area contributed by atoms with Crippen molar-refractivity contribution in [3.63, 3.8) is 0 Å². The van der Waals surface area contributed by atoms with Crippen LogP contribution in [0.3, 0.4) is 0 Å². The fourth-order valence-electron chi connectivity index (χ4n) is 2.84. The highest BCUT2D eigenvalue weighted by Crippen LogP contribution is 2.57. The minimum Gasteiger partial charge on any atom is -0.359 e. The Labute approximate surface area is 97.9 Å². The van der Waals surface area contributed by atoms with Gasteiger partial charge in [0.15, 0.2) is 0 Å². The van der Waals surface area contributed by atoms with Gasteiger partial charge in [-0.3, -0.25) is 4.68 Å². The normalized spacial score (nSPS) is 38.9. The summed E-state index contributed by atoms with van der Waals surface area (Å²) in [5, 5.41) is 4.27. The predicted molar refractivity (Wildman–Crippen MR) is 60.5 cm³/mol. The van der Waals surface area contributed by atoms with Crippen molar-refractivity contribution in [2.24, 2.45) is 13.0 Å². The Bertz CT molecular complexity index is 384. The van der Waals surface area contributed by atoms with E-state index in [1.165, 1.54) is 18.5 Å². The third-order valence-corrected chi connectivity index (χ3v) is 4.32. The minimum absolute atomic E-state index is 0.0173. The van der Waals surface area contributed by atoms with Gasteiger partial charge in [-0.2, -0.15) is 5.10 Å². The number of rotatable bonds is 1. The molecule has 0 N–H and O–H groups in total. The van der Waals surface area contributed by atoms with E-state index in [1.54, 1.807) is 0 Å². The van der Waals surface area contributed by atoms with Crippen molar-refractivity contribution in [1.29, 1.82) is 0 Å². The topological polar surface area (TPSA) is 30.4 Å². The van der Waals surface area contributed by atoms with Gasteiger partial charge in [-0.05, 0) is 41.1 Å². The summed E-state index contributed by atoms with van der Waals surface area (Å²) in [5.41, 5.74) is 1.20. The van der Waals surface area contributed by atoms with Gasteiger partial charge in [-0.15, -0.1) is 0 Å². The van der Waals surface area contributed by atoms with Gasteiger partial charge in [-0.1, -0.05) is 6.92 Å². The van der Waals surface area contributed by atoms with E-state index in [1.807, 2.05) is 17.9 Å². The average molecular weight is 271 g/mol. The van der Waals surface area contributed by atoms with Crippen molar-refractivity contribution < 1.29 is 4.74 Å². The smallest absolute Gasteiger partial charge is 0.137 e. The van der Waals surface area contributed by atoms with Crippen LogP contribution in [0.15, 0.2) is 10.7 Å². The Balaban J connectivity index is 1.96. The van der Waals surface area contributed by atoms with E-state index in [0.717, 1.165) is 16.8 Å². The lowest BCUT2D eigenvalue weighted by Gasteiger charge is -2.22. The Morgan fingerprint density at radius 1 is 1.67 bits per heavy atom. The van der Waals surface area contributed by atoms with Gasteiger partial charge in [0.25, 0.3) is 0 Å². The van der Waals surface area contributed by atoms with Gasteiger partial charge in [0.2, 0.25) is 0 Å². The standard InChI is InChI=1S/C11H15BrN2O/c1-7-3-4-11(9(5-7)15-11)10-8(12)6-13-14(10)2/h6-7,9H,3-5H2,1-2H3. The van der Waals surface area contributed by atoms with E-state index >= 15 is 0 Å². The largest absolute Gasteiger partial charge is 0.359 e. The van der Waals surface area contributed by atoms with Crippen molar-refractivity contribution in [2.45, 2.75) is 37.9 Å². The number of aromatic nitrogens is 2. The molecule has 0 amide bonds. The molecule has 3 atom stereocenters. The number of halogens is 1. The molecule has 0 spiro atoms. The summed E-state index contributed by atoms with van der Waals surface area (Å²) in [6, 6.07) is 0. The highest BCUT2D eigenvalue weighted by atomic mass is 79.9. The first-order chi connectivity index (χ1) is 7.13. The molecule has 2 heterocycles. The molecule has 0 radical (unpaired) electrons. The second-order valence-corrected chi connectivity index (χ2v) is 5.69. The maximum Gasteiger partial charge on any atom is 0.137 e. The third-order valence-electron chi connectivity index (χ3n) is 3.74. The molecule has 1 aromatic rings. The summed E-state index contributed by atoms with van der Waals surface area (Å²) in [4.78, 5) is 0. The van der Waals surface area contributed by atoms with Crippen LogP contribution in [0.1, 0.15) is 31.9 Å². The first kappa shape index (κ1) is 9.85. The summed E-state index contributed by atoms with van der Waals surface area (Å²) >= 11 is 3.57. The van der Waals surface area contributed by atoms with Crippen LogP contribution < -0.4 is 0 Å². The van der Waals surface area contributed by atoms with Gasteiger partial charge in [-0.25, -0.2) is 0 Å². The van der Waals surface area contributed by atoms with Crippen LogP contribution >= 0.6 is 15.9 Å². The SMILES string of the molecule is CC1CCC2(c3c(Br)cnn3C)OC2C1. The van der Waals surface area contributed by atoms with Crippen LogP contribution in [0, 0.1) is 5.92 Å². The molecule has 0 bridgehead atoms. The lowest BCUT2D eigenvalue weighted by molar-refractivity contribution is 0.272. The Morgan fingerprint density at radius 2 is 2.47 bits per heavy atom. The van der Waals surface area contributed by atoms with Crippen molar-refractivity contribution in [3.05, 3.63) is 16.4 Å². The molecule has 1 saturated carbocycles. The zero-order valence-electron chi connectivity index (χ0n) is 9.03. The van der Waals surface area contributed by atoms with Gasteiger partial charge in [0.05, 0.1) is 22.5 Å². The summed E-state index contributed by atoms with van der Waals surface area (Å²) in [6.07, 6.45) is 5.87. The molecule has 4 heteroatoms. The van der Waals surface area contributed by atoms with E-state index in [9.17, 15) is 0 Å². The number of ether oxygens (including phenoxy) is 1. The molecule has 1 saturated heterocycles. The minimum atomic E-state index is -0.0173. The van der Waals surface area contributed by atoms with E-state index in [2.05, 4.69) is 28.0 Å². The van der Waals surface area contributed by atoms with Crippen LogP contribution in [0.4, 0.5) is 0 Å². The van der Waals surface area contributed by atoms with Crippen LogP contribution in [0.25, 0.3) is 0 Å². The molecule has 2 fully saturated rings. The molecule has 3 nitrogen and oxygen atoms in total. The fourth-order valence-corrected chi connectivity index (χ4v) is 3.52. The molecule has 0 aromatic carbocycles. The average Bonchev–Trinajstić information content (AvgIpc) is 2.79. The molecule has 1 aromatic heterocycles. The molecular formula is C11H15BrN2O. The Kier molecular flexibility index (Phi) is 2.02. The number of hydrogen-bond acceptors (Lipinski definition) is 2. The number of hydrogen-bond donors (Lipinski definition) is 0. The molecule has 15 heavy (non-hydrogen) atoms. The fraction of sp³-hybridized carbons (Fsp3) is 0.727. The van der Waals surface area contributed by atoms with Crippen molar-refractivity contribution in [3.8, 4) is 0 Å². The van der Waals surface area contributed by atoms with Gasteiger partial charge in [0.1, 0.15) is 5.60 Å². The number of aryl methyl sites for hydroxylation is 1. The number of nitrogens with zero attached hydrogens (tertiary/aromatic N) is 2. The third kappa shape index (κ3) is 1.31. The van der Waals surface area contributed by atoms with Crippen molar-refractivity contribution in [2.75, 3.05) is 0 Å². The summed E-state index contributed by atoms with van der Waals surface area (Å²) in [6.45, 7) is 2.31. The van der Waals surface area contributed by atoms with E-state index in [0.29, 0.717) is 6.10 Å². The quantitative estimate of drug-likeness (QED) is 0.735. The summed E-state index contributed by atoms with van der Waals surface area (Å²) in [7, 11) is 1.99. The van der Waals surface area contributed by atoms with Gasteiger partial charge >= 0.3 is 0 Å². The predicted octanol–water partition coefficient (Wildman–Crippen LogP) is 2.60. The first-order valence-corrected chi connectivity index (χ1v) is 6.28. The van der Waals surface area contributed by atoms with Crippen LogP contribution in [0.2, 0.25) is 0 Å². The highest BCUT2D eigenvalue weighted by Gasteiger charge is 2.61. The Morgan fingerprint density at radius 3 is 3.07 bits per heavy atom. The lowest BCUT2D eigenvalue weighted by Crippen LogP contribution is -2.24. The second-order valence-electron chi connectivity index (χ2n) is 4.84. The maximum absolute atomic E-state index is 5.95. The van der Waals surface area contributed by atoms with Crippen LogP contribution in [0.5, 0.6) is 0 Å². The van der Waals surface area contributed by atoms with Crippen LogP contribution in [-0.4, -0.2) is 15.9 Å². The molecule has 1 aliphatic carbocycles. The second kappa shape index (κ2) is 3.08. The van der Waals surface area contributed by atoms with E-state index in [4.69, 9.17) is 4.74 Å². The van der Waals surface area contributed by atoms with E-state index in [-0.39, 0.29) is 5.60 Å². The van der Waals surface area contributed by atoms with Crippen molar-refractivity contribution in [1.82, 2.24) is 9.78 Å². The molecule has 82 valence electrons. The zero-order valence-corrected chi connectivity index (χ0v) is 10.6.